The van der Waals surface area contributed by atoms with Crippen LogP contribution in [-0.4, -0.2) is 26.1 Å². The third-order valence-corrected chi connectivity index (χ3v) is 6.83. The molecule has 1 aromatic heterocycles. The Kier molecular flexibility index (Phi) is 7.10. The molecule has 8 nitrogen and oxygen atoms in total. The first-order valence-corrected chi connectivity index (χ1v) is 11.9. The van der Waals surface area contributed by atoms with E-state index in [2.05, 4.69) is 5.43 Å². The number of benzene rings is 2. The average molecular weight is 552 g/mol. The van der Waals surface area contributed by atoms with Crippen molar-refractivity contribution in [2.45, 2.75) is 6.18 Å². The molecular weight excluding hydrogens is 539 g/mol. The van der Waals surface area contributed by atoms with Crippen molar-refractivity contribution in [1.82, 2.24) is 10.4 Å². The third-order valence-electron chi connectivity index (χ3n) is 4.66. The second-order valence-electron chi connectivity index (χ2n) is 7.01. The Morgan fingerprint density at radius 3 is 2.56 bits per heavy atom. The first-order valence-electron chi connectivity index (χ1n) is 9.79. The SMILES string of the molecule is O=C(NN1C(=O)/C(=C\c2ccccc2Oc2ccc(C(F)(F)F)cc2[N+](=O)[O-])SC1=S)c1cccs1. The standard InChI is InChI=1S/C22H12F3N3O5S3/c23-22(24,25)13-7-8-16(14(11-13)28(31)32)33-15-5-2-1-4-12(15)10-18-20(30)27(21(34)36-18)26-19(29)17-6-3-9-35-17/h1-11H,(H,26,29)/b18-10+. The topological polar surface area (TPSA) is 102 Å². The number of para-hydroxylation sites is 1. The van der Waals surface area contributed by atoms with Gasteiger partial charge in [0.05, 0.1) is 20.3 Å². The molecule has 2 amide bonds. The Labute approximate surface area is 214 Å². The predicted octanol–water partition coefficient (Wildman–Crippen LogP) is 6.01. The summed E-state index contributed by atoms with van der Waals surface area (Å²) in [6.45, 7) is 0. The second kappa shape index (κ2) is 10.1. The van der Waals surface area contributed by atoms with Gasteiger partial charge in [0, 0.05) is 11.6 Å². The summed E-state index contributed by atoms with van der Waals surface area (Å²) in [6.07, 6.45) is -3.36. The molecule has 0 bridgehead atoms. The average Bonchev–Trinajstić information content (AvgIpc) is 3.45. The number of amides is 2. The summed E-state index contributed by atoms with van der Waals surface area (Å²) in [5, 5.41) is 14.0. The number of thioether (sulfide) groups is 1. The molecular formula is C22H12F3N3O5S3. The van der Waals surface area contributed by atoms with Gasteiger partial charge in [0.1, 0.15) is 5.75 Å². The van der Waals surface area contributed by atoms with Gasteiger partial charge in [-0.1, -0.05) is 36.0 Å². The van der Waals surface area contributed by atoms with Gasteiger partial charge in [-0.2, -0.15) is 18.2 Å². The van der Waals surface area contributed by atoms with Crippen molar-refractivity contribution >= 4 is 63.2 Å². The highest BCUT2D eigenvalue weighted by Gasteiger charge is 2.35. The fraction of sp³-hybridized carbons (Fsp3) is 0.0455. The van der Waals surface area contributed by atoms with Crippen LogP contribution in [0.5, 0.6) is 11.5 Å². The molecule has 2 aromatic carbocycles. The molecule has 0 atom stereocenters. The molecule has 1 fully saturated rings. The normalized spacial score (nSPS) is 14.9. The van der Waals surface area contributed by atoms with Crippen LogP contribution in [0.3, 0.4) is 0 Å². The van der Waals surface area contributed by atoms with Gasteiger partial charge < -0.3 is 4.74 Å². The summed E-state index contributed by atoms with van der Waals surface area (Å²) in [5.74, 6) is -1.48. The van der Waals surface area contributed by atoms with Crippen molar-refractivity contribution in [1.29, 1.82) is 0 Å². The van der Waals surface area contributed by atoms with Crippen LogP contribution in [0.1, 0.15) is 20.8 Å². The third kappa shape index (κ3) is 5.40. The van der Waals surface area contributed by atoms with Crippen molar-refractivity contribution in [3.05, 3.63) is 91.0 Å². The van der Waals surface area contributed by atoms with Gasteiger partial charge in [0.25, 0.3) is 11.8 Å². The molecule has 4 rings (SSSR count). The number of carbonyl (C=O) groups excluding carboxylic acids is 2. The fourth-order valence-corrected chi connectivity index (χ4v) is 4.79. The van der Waals surface area contributed by atoms with Crippen molar-refractivity contribution in [2.24, 2.45) is 0 Å². The molecule has 0 radical (unpaired) electrons. The van der Waals surface area contributed by atoms with Crippen LogP contribution in [0, 0.1) is 10.1 Å². The summed E-state index contributed by atoms with van der Waals surface area (Å²) in [4.78, 5) is 36.1. The minimum atomic E-state index is -4.77. The van der Waals surface area contributed by atoms with E-state index in [-0.39, 0.29) is 15.0 Å². The summed E-state index contributed by atoms with van der Waals surface area (Å²) in [7, 11) is 0. The number of nitrogens with zero attached hydrogens (tertiary/aromatic N) is 2. The Balaban J connectivity index is 1.61. The van der Waals surface area contributed by atoms with E-state index in [1.54, 1.807) is 35.7 Å². The van der Waals surface area contributed by atoms with Crippen molar-refractivity contribution in [3.63, 3.8) is 0 Å². The predicted molar refractivity (Wildman–Crippen MR) is 131 cm³/mol. The number of hydrogen-bond acceptors (Lipinski definition) is 8. The maximum atomic E-state index is 13.0. The molecule has 1 aliphatic heterocycles. The van der Waals surface area contributed by atoms with Crippen LogP contribution >= 0.6 is 35.3 Å². The van der Waals surface area contributed by atoms with Gasteiger partial charge in [0.15, 0.2) is 4.32 Å². The van der Waals surface area contributed by atoms with Gasteiger partial charge in [0.2, 0.25) is 5.75 Å². The number of nitrogens with one attached hydrogen (secondary N) is 1. The van der Waals surface area contributed by atoms with Crippen LogP contribution < -0.4 is 10.2 Å². The monoisotopic (exact) mass is 551 g/mol. The minimum Gasteiger partial charge on any atom is -0.449 e. The van der Waals surface area contributed by atoms with Crippen molar-refractivity contribution in [3.8, 4) is 11.5 Å². The lowest BCUT2D eigenvalue weighted by molar-refractivity contribution is -0.385. The molecule has 0 saturated carbocycles. The summed E-state index contributed by atoms with van der Waals surface area (Å²) < 4.78 is 44.7. The number of hydrazine groups is 1. The number of thiophene rings is 1. The van der Waals surface area contributed by atoms with E-state index in [1.165, 1.54) is 23.5 Å². The van der Waals surface area contributed by atoms with E-state index in [9.17, 15) is 32.9 Å². The maximum Gasteiger partial charge on any atom is 0.416 e. The van der Waals surface area contributed by atoms with Crippen LogP contribution in [0.15, 0.2) is 64.9 Å². The van der Waals surface area contributed by atoms with E-state index in [4.69, 9.17) is 17.0 Å². The number of nitro benzene ring substituents is 1. The van der Waals surface area contributed by atoms with E-state index < -0.39 is 39.9 Å². The molecule has 1 aliphatic rings. The lowest BCUT2D eigenvalue weighted by atomic mass is 10.1. The van der Waals surface area contributed by atoms with Crippen LogP contribution in [0.2, 0.25) is 0 Å². The second-order valence-corrected chi connectivity index (χ2v) is 9.64. The zero-order valence-electron chi connectivity index (χ0n) is 17.6. The Hall–Kier alpha value is -3.75. The maximum absolute atomic E-state index is 13.0. The summed E-state index contributed by atoms with van der Waals surface area (Å²) >= 11 is 7.30. The van der Waals surface area contributed by atoms with Crippen LogP contribution in [0.4, 0.5) is 18.9 Å². The van der Waals surface area contributed by atoms with Crippen LogP contribution in [-0.2, 0) is 11.0 Å². The quantitative estimate of drug-likeness (QED) is 0.173. The zero-order valence-corrected chi connectivity index (χ0v) is 20.1. The molecule has 1 N–H and O–H groups in total. The Bertz CT molecular complexity index is 1410. The highest BCUT2D eigenvalue weighted by molar-refractivity contribution is 8.26. The Morgan fingerprint density at radius 1 is 1.14 bits per heavy atom. The molecule has 0 spiro atoms. The largest absolute Gasteiger partial charge is 0.449 e. The number of hydrogen-bond donors (Lipinski definition) is 1. The molecule has 3 aromatic rings. The number of halogens is 3. The van der Waals surface area contributed by atoms with Gasteiger partial charge in [-0.15, -0.1) is 11.3 Å². The molecule has 36 heavy (non-hydrogen) atoms. The van der Waals surface area contributed by atoms with E-state index >= 15 is 0 Å². The molecule has 14 heteroatoms. The zero-order chi connectivity index (χ0) is 26.0. The lowest BCUT2D eigenvalue weighted by Gasteiger charge is -2.14. The van der Waals surface area contributed by atoms with E-state index in [1.807, 2.05) is 0 Å². The molecule has 1 saturated heterocycles. The number of rotatable bonds is 6. The lowest BCUT2D eigenvalue weighted by Crippen LogP contribution is -2.44. The Morgan fingerprint density at radius 2 is 1.89 bits per heavy atom. The minimum absolute atomic E-state index is 0.0493. The highest BCUT2D eigenvalue weighted by Crippen LogP contribution is 2.39. The van der Waals surface area contributed by atoms with E-state index in [0.29, 0.717) is 22.6 Å². The van der Waals surface area contributed by atoms with Gasteiger partial charge >= 0.3 is 11.9 Å². The first-order chi connectivity index (χ1) is 17.0. The van der Waals surface area contributed by atoms with Gasteiger partial charge in [-0.05, 0) is 47.9 Å². The number of alkyl halides is 3. The fourth-order valence-electron chi connectivity index (χ4n) is 3.00. The number of carbonyl (C=O) groups is 2. The van der Waals surface area contributed by atoms with Gasteiger partial charge in [-0.3, -0.25) is 25.1 Å². The smallest absolute Gasteiger partial charge is 0.416 e. The van der Waals surface area contributed by atoms with Crippen molar-refractivity contribution in [2.75, 3.05) is 0 Å². The van der Waals surface area contributed by atoms with E-state index in [0.717, 1.165) is 22.8 Å². The first kappa shape index (κ1) is 25.3. The molecule has 184 valence electrons. The molecule has 0 aliphatic carbocycles. The van der Waals surface area contributed by atoms with Gasteiger partial charge in [-0.25, -0.2) is 0 Å². The highest BCUT2D eigenvalue weighted by atomic mass is 32.2. The summed E-state index contributed by atoms with van der Waals surface area (Å²) in [6, 6.07) is 11.3. The number of ether oxygens (including phenoxy) is 1. The molecule has 2 heterocycles. The number of nitro groups is 1. The van der Waals surface area contributed by atoms with Crippen LogP contribution in [0.25, 0.3) is 6.08 Å². The number of thiocarbonyl (C=S) groups is 1. The van der Waals surface area contributed by atoms with Crippen molar-refractivity contribution < 1.29 is 32.4 Å². The molecule has 0 unspecified atom stereocenters. The summed E-state index contributed by atoms with van der Waals surface area (Å²) in [5.41, 5.74) is 0.681.